The fourth-order valence-electron chi connectivity index (χ4n) is 3.42. The summed E-state index contributed by atoms with van der Waals surface area (Å²) in [4.78, 5) is 21.4. The Morgan fingerprint density at radius 1 is 1.25 bits per heavy atom. The summed E-state index contributed by atoms with van der Waals surface area (Å²) in [6.45, 7) is 0.436. The molecule has 1 atom stereocenters. The van der Waals surface area contributed by atoms with E-state index in [9.17, 15) is 4.79 Å². The highest BCUT2D eigenvalue weighted by Crippen LogP contribution is 2.27. The zero-order valence-corrected chi connectivity index (χ0v) is 16.7. The van der Waals surface area contributed by atoms with Gasteiger partial charge >= 0.3 is 0 Å². The Labute approximate surface area is 166 Å². The van der Waals surface area contributed by atoms with Gasteiger partial charge in [0.15, 0.2) is 0 Å². The molecule has 0 aliphatic carbocycles. The van der Waals surface area contributed by atoms with Crippen LogP contribution in [0.15, 0.2) is 58.6 Å². The molecule has 4 rings (SSSR count). The second-order valence-corrected chi connectivity index (χ2v) is 7.35. The molecule has 3 heterocycles. The van der Waals surface area contributed by atoms with Gasteiger partial charge in [0.2, 0.25) is 0 Å². The molecule has 1 unspecified atom stereocenters. The first-order valence-electron chi connectivity index (χ1n) is 8.83. The highest BCUT2D eigenvalue weighted by molar-refractivity contribution is 7.98. The fourth-order valence-corrected chi connectivity index (χ4v) is 3.86. The first-order chi connectivity index (χ1) is 13.6. The van der Waals surface area contributed by atoms with Crippen molar-refractivity contribution in [2.24, 2.45) is 7.05 Å². The molecule has 0 radical (unpaired) electrons. The number of nitrogens with one attached hydrogen (secondary N) is 1. The summed E-state index contributed by atoms with van der Waals surface area (Å²) < 4.78 is 9.22. The molecule has 0 saturated carbocycles. The second-order valence-electron chi connectivity index (χ2n) is 6.47. The number of nitrogens with zero attached hydrogens (tertiary/aromatic N) is 4. The van der Waals surface area contributed by atoms with Crippen molar-refractivity contribution >= 4 is 22.7 Å². The minimum Gasteiger partial charge on any atom is -0.382 e. The quantitative estimate of drug-likeness (QED) is 0.508. The highest BCUT2D eigenvalue weighted by Gasteiger charge is 2.22. The van der Waals surface area contributed by atoms with Crippen LogP contribution in [0, 0.1) is 0 Å². The lowest BCUT2D eigenvalue weighted by molar-refractivity contribution is 0.167. The molecule has 0 aliphatic rings. The van der Waals surface area contributed by atoms with Crippen molar-refractivity contribution in [2.75, 3.05) is 20.0 Å². The van der Waals surface area contributed by atoms with E-state index in [0.717, 1.165) is 21.5 Å². The van der Waals surface area contributed by atoms with Gasteiger partial charge in [0.1, 0.15) is 11.9 Å². The van der Waals surface area contributed by atoms with Gasteiger partial charge in [-0.3, -0.25) is 9.48 Å². The maximum Gasteiger partial charge on any atom is 0.259 e. The standard InChI is InChI=1S/C20H21N5O2S/c1-24-17(6-7-22-24)18(12-27-2)25-9-8-21-19(25)15-10-13-4-5-14(28-3)11-16(13)23-20(15)26/h4-11,18H,12H2,1-3H3,(H,23,26). The Hall–Kier alpha value is -2.84. The largest absolute Gasteiger partial charge is 0.382 e. The van der Waals surface area contributed by atoms with Gasteiger partial charge in [-0.1, -0.05) is 6.07 Å². The van der Waals surface area contributed by atoms with Crippen LogP contribution in [0.25, 0.3) is 22.3 Å². The molecule has 7 nitrogen and oxygen atoms in total. The number of fused-ring (bicyclic) bond motifs is 1. The maximum absolute atomic E-state index is 12.9. The average molecular weight is 395 g/mol. The third kappa shape index (κ3) is 3.25. The van der Waals surface area contributed by atoms with Crippen molar-refractivity contribution < 1.29 is 4.74 Å². The summed E-state index contributed by atoms with van der Waals surface area (Å²) in [5.74, 6) is 0.598. The van der Waals surface area contributed by atoms with Crippen molar-refractivity contribution in [3.63, 3.8) is 0 Å². The van der Waals surface area contributed by atoms with Gasteiger partial charge in [0, 0.05) is 43.2 Å². The molecule has 144 valence electrons. The van der Waals surface area contributed by atoms with Crippen LogP contribution < -0.4 is 5.56 Å². The summed E-state index contributed by atoms with van der Waals surface area (Å²) in [5.41, 5.74) is 2.15. The van der Waals surface area contributed by atoms with E-state index in [4.69, 9.17) is 4.74 Å². The molecule has 0 saturated heterocycles. The molecule has 1 N–H and O–H groups in total. The normalized spacial score (nSPS) is 12.5. The number of imidazole rings is 1. The van der Waals surface area contributed by atoms with Crippen molar-refractivity contribution in [3.8, 4) is 11.4 Å². The van der Waals surface area contributed by atoms with Crippen molar-refractivity contribution in [2.45, 2.75) is 10.9 Å². The molecule has 28 heavy (non-hydrogen) atoms. The van der Waals surface area contributed by atoms with Crippen LogP contribution in [0.2, 0.25) is 0 Å². The monoisotopic (exact) mass is 395 g/mol. The van der Waals surface area contributed by atoms with E-state index in [0.29, 0.717) is 18.0 Å². The van der Waals surface area contributed by atoms with E-state index in [1.165, 1.54) is 0 Å². The lowest BCUT2D eigenvalue weighted by atomic mass is 10.1. The van der Waals surface area contributed by atoms with E-state index in [2.05, 4.69) is 15.1 Å². The van der Waals surface area contributed by atoms with Gasteiger partial charge in [-0.15, -0.1) is 11.8 Å². The Morgan fingerprint density at radius 3 is 2.82 bits per heavy atom. The molecule has 3 aromatic heterocycles. The minimum atomic E-state index is -0.167. The number of aromatic nitrogens is 5. The third-order valence-electron chi connectivity index (χ3n) is 4.82. The van der Waals surface area contributed by atoms with Gasteiger partial charge in [0.05, 0.1) is 17.9 Å². The number of hydrogen-bond donors (Lipinski definition) is 1. The Kier molecular flexibility index (Phi) is 5.06. The van der Waals surface area contributed by atoms with Gasteiger partial charge in [0.25, 0.3) is 5.56 Å². The summed E-state index contributed by atoms with van der Waals surface area (Å²) in [6, 6.07) is 9.74. The van der Waals surface area contributed by atoms with Crippen LogP contribution in [-0.2, 0) is 11.8 Å². The van der Waals surface area contributed by atoms with Crippen LogP contribution >= 0.6 is 11.8 Å². The van der Waals surface area contributed by atoms with Gasteiger partial charge in [-0.25, -0.2) is 4.98 Å². The first kappa shape index (κ1) is 18.5. The highest BCUT2D eigenvalue weighted by atomic mass is 32.2. The van der Waals surface area contributed by atoms with Crippen molar-refractivity contribution in [1.29, 1.82) is 0 Å². The number of benzene rings is 1. The van der Waals surface area contributed by atoms with Crippen molar-refractivity contribution in [1.82, 2.24) is 24.3 Å². The molecule has 0 fully saturated rings. The maximum atomic E-state index is 12.9. The number of aromatic amines is 1. The molecule has 0 bridgehead atoms. The number of aryl methyl sites for hydroxylation is 1. The lowest BCUT2D eigenvalue weighted by Crippen LogP contribution is -2.21. The summed E-state index contributed by atoms with van der Waals surface area (Å²) >= 11 is 1.64. The zero-order valence-electron chi connectivity index (χ0n) is 15.9. The van der Waals surface area contributed by atoms with Gasteiger partial charge in [-0.2, -0.15) is 5.10 Å². The van der Waals surface area contributed by atoms with Gasteiger partial charge in [-0.05, 0) is 35.9 Å². The first-order valence-corrected chi connectivity index (χ1v) is 10.1. The summed E-state index contributed by atoms with van der Waals surface area (Å²) in [6.07, 6.45) is 7.33. The number of thioether (sulfide) groups is 1. The van der Waals surface area contributed by atoms with E-state index in [-0.39, 0.29) is 11.6 Å². The van der Waals surface area contributed by atoms with E-state index < -0.39 is 0 Å². The zero-order chi connectivity index (χ0) is 19.7. The topological polar surface area (TPSA) is 77.7 Å². The molecule has 0 aliphatic heterocycles. The molecule has 1 aromatic carbocycles. The molecular weight excluding hydrogens is 374 g/mol. The number of pyridine rings is 1. The molecule has 8 heteroatoms. The number of H-pyrrole nitrogens is 1. The molecule has 0 spiro atoms. The predicted molar refractivity (Wildman–Crippen MR) is 111 cm³/mol. The Bertz CT molecular complexity index is 1180. The van der Waals surface area contributed by atoms with Crippen LogP contribution in [0.5, 0.6) is 0 Å². The smallest absolute Gasteiger partial charge is 0.259 e. The number of rotatable bonds is 6. The van der Waals surface area contributed by atoms with Crippen molar-refractivity contribution in [3.05, 3.63) is 65.0 Å². The van der Waals surface area contributed by atoms with Crippen LogP contribution in [0.3, 0.4) is 0 Å². The predicted octanol–water partition coefficient (Wildman–Crippen LogP) is 3.08. The van der Waals surface area contributed by atoms with E-state index in [1.54, 1.807) is 31.3 Å². The Morgan fingerprint density at radius 2 is 2.11 bits per heavy atom. The molecular formula is C20H21N5O2S. The third-order valence-corrected chi connectivity index (χ3v) is 5.55. The van der Waals surface area contributed by atoms with E-state index in [1.807, 2.05) is 59.1 Å². The second kappa shape index (κ2) is 7.65. The fraction of sp³-hybridized carbons (Fsp3) is 0.250. The SMILES string of the molecule is COCC(c1ccnn1C)n1ccnc1-c1cc2ccc(SC)cc2[nH]c1=O. The lowest BCUT2D eigenvalue weighted by Gasteiger charge is -2.20. The van der Waals surface area contributed by atoms with Crippen LogP contribution in [0.4, 0.5) is 0 Å². The Balaban J connectivity index is 1.85. The van der Waals surface area contributed by atoms with Crippen LogP contribution in [-0.4, -0.2) is 44.3 Å². The number of ether oxygens (including phenoxy) is 1. The minimum absolute atomic E-state index is 0.149. The summed E-state index contributed by atoms with van der Waals surface area (Å²) in [5, 5.41) is 5.23. The van der Waals surface area contributed by atoms with Crippen LogP contribution in [0.1, 0.15) is 11.7 Å². The van der Waals surface area contributed by atoms with E-state index >= 15 is 0 Å². The average Bonchev–Trinajstić information content (AvgIpc) is 3.34. The molecule has 4 aromatic rings. The molecule has 0 amide bonds. The summed E-state index contributed by atoms with van der Waals surface area (Å²) in [7, 11) is 3.55. The number of hydrogen-bond acceptors (Lipinski definition) is 5. The number of methoxy groups -OCH3 is 1. The van der Waals surface area contributed by atoms with Gasteiger partial charge < -0.3 is 14.3 Å².